The monoisotopic (exact) mass is 701 g/mol. The highest BCUT2D eigenvalue weighted by Gasteiger charge is 2.33. The standard InChI is InChI=1S/C30H22BrCl2N3O6S/c1-3-22-25(29(38)41-2)26(18-7-5-4-6-8-18)35-28(37)24(43-30(35)34-22)14-17-11-19(31)27(23(13-17)36(39)40)42-15-16-9-10-20(32)21(33)12-16/h4-14,26H,3,15H2,1-2H3/b24-14+/t26-/m0/s1. The summed E-state index contributed by atoms with van der Waals surface area (Å²) in [6, 6.07) is 16.3. The number of methoxy groups -OCH3 is 1. The molecule has 0 saturated heterocycles. The van der Waals surface area contributed by atoms with Gasteiger partial charge in [-0.2, -0.15) is 0 Å². The number of carbonyl (C=O) groups is 1. The largest absolute Gasteiger partial charge is 0.481 e. The summed E-state index contributed by atoms with van der Waals surface area (Å²) in [7, 11) is 1.29. The summed E-state index contributed by atoms with van der Waals surface area (Å²) in [4.78, 5) is 43.3. The lowest BCUT2D eigenvalue weighted by atomic mass is 9.95. The van der Waals surface area contributed by atoms with E-state index in [1.54, 1.807) is 30.3 Å². The maximum absolute atomic E-state index is 13.9. The van der Waals surface area contributed by atoms with E-state index in [1.165, 1.54) is 17.7 Å². The lowest BCUT2D eigenvalue weighted by molar-refractivity contribution is -0.386. The van der Waals surface area contributed by atoms with Crippen LogP contribution in [0.3, 0.4) is 0 Å². The number of hydrogen-bond acceptors (Lipinski definition) is 8. The molecule has 1 aliphatic heterocycles. The van der Waals surface area contributed by atoms with E-state index >= 15 is 0 Å². The molecule has 220 valence electrons. The third-order valence-corrected chi connectivity index (χ3v) is 8.98. The Bertz CT molecular complexity index is 1970. The van der Waals surface area contributed by atoms with Crippen molar-refractivity contribution in [1.29, 1.82) is 0 Å². The zero-order valence-electron chi connectivity index (χ0n) is 22.7. The van der Waals surface area contributed by atoms with Gasteiger partial charge in [-0.25, -0.2) is 9.79 Å². The number of nitro benzene ring substituents is 1. The Hall–Kier alpha value is -3.77. The van der Waals surface area contributed by atoms with Gasteiger partial charge >= 0.3 is 11.7 Å². The van der Waals surface area contributed by atoms with E-state index in [0.29, 0.717) is 42.6 Å². The highest BCUT2D eigenvalue weighted by molar-refractivity contribution is 9.10. The van der Waals surface area contributed by atoms with Crippen LogP contribution in [0, 0.1) is 10.1 Å². The molecule has 0 radical (unpaired) electrons. The number of nitro groups is 1. The van der Waals surface area contributed by atoms with E-state index in [-0.39, 0.29) is 28.1 Å². The normalized spacial score (nSPS) is 14.7. The van der Waals surface area contributed by atoms with Gasteiger partial charge in [0.1, 0.15) is 6.61 Å². The van der Waals surface area contributed by atoms with Crippen molar-refractivity contribution in [1.82, 2.24) is 4.57 Å². The molecule has 13 heteroatoms. The fourth-order valence-electron chi connectivity index (χ4n) is 4.71. The minimum Gasteiger partial charge on any atom is -0.481 e. The second-order valence-corrected chi connectivity index (χ2v) is 12.0. The lowest BCUT2D eigenvalue weighted by Gasteiger charge is -2.25. The van der Waals surface area contributed by atoms with Crippen LogP contribution in [0.4, 0.5) is 5.69 Å². The molecule has 0 fully saturated rings. The second kappa shape index (κ2) is 12.8. The van der Waals surface area contributed by atoms with Crippen LogP contribution in [-0.2, 0) is 16.1 Å². The van der Waals surface area contributed by atoms with E-state index in [0.717, 1.165) is 16.9 Å². The van der Waals surface area contributed by atoms with Crippen molar-refractivity contribution in [3.05, 3.63) is 133 Å². The average Bonchev–Trinajstić information content (AvgIpc) is 3.31. The van der Waals surface area contributed by atoms with E-state index < -0.39 is 22.5 Å². The van der Waals surface area contributed by atoms with Gasteiger partial charge in [0.25, 0.3) is 5.56 Å². The van der Waals surface area contributed by atoms with Crippen LogP contribution < -0.4 is 19.6 Å². The number of rotatable bonds is 8. The Morgan fingerprint density at radius 2 is 1.91 bits per heavy atom. The topological polar surface area (TPSA) is 113 Å². The molecular weight excluding hydrogens is 681 g/mol. The first-order valence-electron chi connectivity index (χ1n) is 12.9. The third kappa shape index (κ3) is 6.16. The van der Waals surface area contributed by atoms with Gasteiger partial charge in [-0.05, 0) is 63.3 Å². The summed E-state index contributed by atoms with van der Waals surface area (Å²) >= 11 is 16.6. The first-order chi connectivity index (χ1) is 20.6. The minimum absolute atomic E-state index is 0.00997. The van der Waals surface area contributed by atoms with Gasteiger partial charge in [-0.3, -0.25) is 19.5 Å². The Balaban J connectivity index is 1.60. The van der Waals surface area contributed by atoms with Crippen molar-refractivity contribution >= 4 is 68.2 Å². The SMILES string of the molecule is CCC1=C(C(=O)OC)[C@H](c2ccccc2)n2c(s/c(=C/c3cc(Br)c(OCc4ccc(Cl)c(Cl)c4)c([N+](=O)[O-])c3)c2=O)=N1. The quantitative estimate of drug-likeness (QED) is 0.120. The molecule has 1 aliphatic rings. The van der Waals surface area contributed by atoms with Gasteiger partial charge in [-0.15, -0.1) is 0 Å². The second-order valence-electron chi connectivity index (χ2n) is 9.34. The number of carbonyl (C=O) groups excluding carboxylic acids is 1. The molecule has 0 N–H and O–H groups in total. The zero-order valence-corrected chi connectivity index (χ0v) is 26.6. The fraction of sp³-hybridized carbons (Fsp3) is 0.167. The van der Waals surface area contributed by atoms with Crippen molar-refractivity contribution in [3.63, 3.8) is 0 Å². The average molecular weight is 703 g/mol. The predicted molar refractivity (Wildman–Crippen MR) is 168 cm³/mol. The lowest BCUT2D eigenvalue weighted by Crippen LogP contribution is -2.40. The van der Waals surface area contributed by atoms with Gasteiger partial charge < -0.3 is 9.47 Å². The minimum atomic E-state index is -0.750. The summed E-state index contributed by atoms with van der Waals surface area (Å²) in [5.41, 5.74) is 1.91. The maximum atomic E-state index is 13.9. The summed E-state index contributed by atoms with van der Waals surface area (Å²) in [5, 5.41) is 12.8. The van der Waals surface area contributed by atoms with Crippen LogP contribution in [0.25, 0.3) is 6.08 Å². The summed E-state index contributed by atoms with van der Waals surface area (Å²) < 4.78 is 13.0. The molecule has 4 aromatic rings. The molecule has 3 aromatic carbocycles. The molecule has 5 rings (SSSR count). The van der Waals surface area contributed by atoms with Crippen molar-refractivity contribution < 1.29 is 19.2 Å². The molecular formula is C30H22BrCl2N3O6S. The molecule has 0 bridgehead atoms. The Kier molecular flexibility index (Phi) is 9.16. The van der Waals surface area contributed by atoms with Crippen molar-refractivity contribution in [3.8, 4) is 5.75 Å². The summed E-state index contributed by atoms with van der Waals surface area (Å²) in [6.45, 7) is 1.89. The Labute approximate surface area is 267 Å². The number of thiazole rings is 1. The molecule has 1 atom stereocenters. The van der Waals surface area contributed by atoms with Gasteiger partial charge in [0, 0.05) is 6.07 Å². The molecule has 0 aliphatic carbocycles. The van der Waals surface area contributed by atoms with Crippen molar-refractivity contribution in [2.75, 3.05) is 7.11 Å². The number of ether oxygens (including phenoxy) is 2. The zero-order chi connectivity index (χ0) is 30.8. The molecule has 9 nitrogen and oxygen atoms in total. The number of esters is 1. The Morgan fingerprint density at radius 3 is 2.56 bits per heavy atom. The maximum Gasteiger partial charge on any atom is 0.338 e. The molecule has 0 unspecified atom stereocenters. The summed E-state index contributed by atoms with van der Waals surface area (Å²) in [5.74, 6) is -0.547. The number of hydrogen-bond donors (Lipinski definition) is 0. The molecule has 1 aromatic heterocycles. The fourth-order valence-corrected chi connectivity index (χ4v) is 6.63. The van der Waals surface area contributed by atoms with Gasteiger partial charge in [0.05, 0.1) is 48.4 Å². The number of aromatic nitrogens is 1. The predicted octanol–water partition coefficient (Wildman–Crippen LogP) is 6.35. The highest BCUT2D eigenvalue weighted by atomic mass is 79.9. The first-order valence-corrected chi connectivity index (χ1v) is 15.2. The van der Waals surface area contributed by atoms with Crippen LogP contribution >= 0.6 is 50.5 Å². The molecule has 2 heterocycles. The smallest absolute Gasteiger partial charge is 0.338 e. The van der Waals surface area contributed by atoms with Crippen molar-refractivity contribution in [2.24, 2.45) is 4.99 Å². The van der Waals surface area contributed by atoms with Crippen LogP contribution in [-0.4, -0.2) is 22.6 Å². The third-order valence-electron chi connectivity index (χ3n) is 6.67. The van der Waals surface area contributed by atoms with E-state index in [4.69, 9.17) is 32.7 Å². The number of fused-ring (bicyclic) bond motifs is 1. The number of halogens is 3. The molecule has 43 heavy (non-hydrogen) atoms. The van der Waals surface area contributed by atoms with E-state index in [9.17, 15) is 19.7 Å². The molecule has 0 saturated carbocycles. The first kappa shape index (κ1) is 30.7. The number of nitrogens with zero attached hydrogens (tertiary/aromatic N) is 3. The van der Waals surface area contributed by atoms with Gasteiger partial charge in [0.2, 0.25) is 5.75 Å². The van der Waals surface area contributed by atoms with Crippen LogP contribution in [0.15, 0.2) is 86.2 Å². The van der Waals surface area contributed by atoms with Crippen LogP contribution in [0.2, 0.25) is 10.0 Å². The Morgan fingerprint density at radius 1 is 1.16 bits per heavy atom. The van der Waals surface area contributed by atoms with Crippen molar-refractivity contribution in [2.45, 2.75) is 26.0 Å². The highest BCUT2D eigenvalue weighted by Crippen LogP contribution is 2.38. The van der Waals surface area contributed by atoms with E-state index in [1.807, 2.05) is 37.3 Å². The van der Waals surface area contributed by atoms with Gasteiger partial charge in [0.15, 0.2) is 4.80 Å². The summed E-state index contributed by atoms with van der Waals surface area (Å²) in [6.07, 6.45) is 2.00. The van der Waals surface area contributed by atoms with Crippen LogP contribution in [0.5, 0.6) is 5.75 Å². The number of allylic oxidation sites excluding steroid dienone is 1. The van der Waals surface area contributed by atoms with E-state index in [2.05, 4.69) is 20.9 Å². The van der Waals surface area contributed by atoms with Gasteiger partial charge in [-0.1, -0.05) is 77.9 Å². The molecule has 0 amide bonds. The number of benzene rings is 3. The van der Waals surface area contributed by atoms with Crippen LogP contribution in [0.1, 0.15) is 36.1 Å². The molecule has 0 spiro atoms.